The quantitative estimate of drug-likeness (QED) is 0.792. The van der Waals surface area contributed by atoms with Gasteiger partial charge in [0.2, 0.25) is 0 Å². The Bertz CT molecular complexity index is 531. The maximum absolute atomic E-state index is 12.7. The van der Waals surface area contributed by atoms with Crippen LogP contribution in [0.3, 0.4) is 0 Å². The molecule has 0 aliphatic carbocycles. The van der Waals surface area contributed by atoms with Crippen LogP contribution in [0, 0.1) is 12.7 Å². The van der Waals surface area contributed by atoms with Crippen LogP contribution in [0.2, 0.25) is 0 Å². The van der Waals surface area contributed by atoms with E-state index in [0.717, 1.165) is 4.68 Å². The lowest BCUT2D eigenvalue weighted by Gasteiger charge is -2.02. The molecule has 0 saturated carbocycles. The third kappa shape index (κ3) is 1.79. The molecule has 0 spiro atoms. The fourth-order valence-corrected chi connectivity index (χ4v) is 1.40. The summed E-state index contributed by atoms with van der Waals surface area (Å²) in [5.74, 6) is -0.487. The minimum absolute atomic E-state index is 0.270. The SMILES string of the molecule is Cc1cc(N)n(C(=O)c2ccc(F)cc2)n1. The molecule has 0 radical (unpaired) electrons. The minimum Gasteiger partial charge on any atom is -0.383 e. The molecule has 2 rings (SSSR count). The number of hydrogen-bond acceptors (Lipinski definition) is 3. The number of halogens is 1. The van der Waals surface area contributed by atoms with Crippen molar-refractivity contribution in [2.24, 2.45) is 0 Å². The van der Waals surface area contributed by atoms with Gasteiger partial charge in [0.25, 0.3) is 5.91 Å². The number of aryl methyl sites for hydroxylation is 1. The van der Waals surface area contributed by atoms with Crippen molar-refractivity contribution in [1.29, 1.82) is 0 Å². The van der Waals surface area contributed by atoms with Gasteiger partial charge in [0, 0.05) is 11.6 Å². The van der Waals surface area contributed by atoms with E-state index >= 15 is 0 Å². The lowest BCUT2D eigenvalue weighted by atomic mass is 10.2. The second-order valence-electron chi connectivity index (χ2n) is 3.43. The summed E-state index contributed by atoms with van der Waals surface area (Å²) in [5, 5.41) is 3.96. The first-order chi connectivity index (χ1) is 7.58. The van der Waals surface area contributed by atoms with Gasteiger partial charge in [-0.3, -0.25) is 4.79 Å². The summed E-state index contributed by atoms with van der Waals surface area (Å²) in [6.45, 7) is 1.74. The molecule has 5 heteroatoms. The molecule has 0 atom stereocenters. The summed E-state index contributed by atoms with van der Waals surface area (Å²) in [6.07, 6.45) is 0. The van der Waals surface area contributed by atoms with Gasteiger partial charge in [0.1, 0.15) is 11.6 Å². The van der Waals surface area contributed by atoms with Gasteiger partial charge in [-0.15, -0.1) is 0 Å². The molecular weight excluding hydrogens is 209 g/mol. The van der Waals surface area contributed by atoms with Crippen LogP contribution in [-0.4, -0.2) is 15.7 Å². The van der Waals surface area contributed by atoms with E-state index in [-0.39, 0.29) is 17.5 Å². The average molecular weight is 219 g/mol. The van der Waals surface area contributed by atoms with Crippen molar-refractivity contribution in [3.05, 3.63) is 47.4 Å². The molecule has 1 heterocycles. The molecule has 0 bridgehead atoms. The highest BCUT2D eigenvalue weighted by molar-refractivity contribution is 5.96. The normalized spacial score (nSPS) is 10.4. The predicted molar refractivity (Wildman–Crippen MR) is 57.5 cm³/mol. The number of aromatic nitrogens is 2. The summed E-state index contributed by atoms with van der Waals surface area (Å²) < 4.78 is 13.8. The number of anilines is 1. The summed E-state index contributed by atoms with van der Waals surface area (Å²) in [4.78, 5) is 11.9. The van der Waals surface area contributed by atoms with E-state index in [9.17, 15) is 9.18 Å². The maximum Gasteiger partial charge on any atom is 0.280 e. The van der Waals surface area contributed by atoms with Gasteiger partial charge in [-0.05, 0) is 31.2 Å². The number of benzene rings is 1. The third-order valence-corrected chi connectivity index (χ3v) is 2.14. The van der Waals surface area contributed by atoms with Crippen molar-refractivity contribution in [1.82, 2.24) is 9.78 Å². The first-order valence-electron chi connectivity index (χ1n) is 4.70. The molecule has 0 amide bonds. The lowest BCUT2D eigenvalue weighted by molar-refractivity contribution is 0.0947. The highest BCUT2D eigenvalue weighted by atomic mass is 19.1. The van der Waals surface area contributed by atoms with Gasteiger partial charge in [-0.2, -0.15) is 9.78 Å². The molecule has 16 heavy (non-hydrogen) atoms. The number of nitrogens with two attached hydrogens (primary N) is 1. The standard InChI is InChI=1S/C11H10FN3O/c1-7-6-10(13)15(14-7)11(16)8-2-4-9(12)5-3-8/h2-6H,13H2,1H3. The van der Waals surface area contributed by atoms with Crippen LogP contribution in [-0.2, 0) is 0 Å². The zero-order valence-electron chi connectivity index (χ0n) is 8.64. The molecule has 0 unspecified atom stereocenters. The van der Waals surface area contributed by atoms with E-state index in [0.29, 0.717) is 11.3 Å². The maximum atomic E-state index is 12.7. The number of nitrogen functional groups attached to an aromatic ring is 1. The fourth-order valence-electron chi connectivity index (χ4n) is 1.40. The molecule has 82 valence electrons. The topological polar surface area (TPSA) is 60.9 Å². The van der Waals surface area contributed by atoms with E-state index in [2.05, 4.69) is 5.10 Å². The molecule has 0 saturated heterocycles. The summed E-state index contributed by atoms with van der Waals surface area (Å²) in [6, 6.07) is 6.84. The van der Waals surface area contributed by atoms with Crippen molar-refractivity contribution in [3.63, 3.8) is 0 Å². The highest BCUT2D eigenvalue weighted by Crippen LogP contribution is 2.10. The summed E-state index contributed by atoms with van der Waals surface area (Å²) in [7, 11) is 0. The summed E-state index contributed by atoms with van der Waals surface area (Å²) in [5.41, 5.74) is 6.62. The Labute approximate surface area is 91.5 Å². The molecule has 1 aromatic heterocycles. The van der Waals surface area contributed by atoms with Crippen LogP contribution in [0.5, 0.6) is 0 Å². The minimum atomic E-state index is -0.388. The van der Waals surface area contributed by atoms with Crippen LogP contribution >= 0.6 is 0 Å². The molecule has 0 aliphatic heterocycles. The Kier molecular flexibility index (Phi) is 2.44. The van der Waals surface area contributed by atoms with Crippen LogP contribution in [0.25, 0.3) is 0 Å². The Morgan fingerprint density at radius 1 is 1.38 bits per heavy atom. The zero-order valence-corrected chi connectivity index (χ0v) is 8.64. The number of carbonyl (C=O) groups excluding carboxylic acids is 1. The van der Waals surface area contributed by atoms with Crippen molar-refractivity contribution in [2.75, 3.05) is 5.73 Å². The van der Waals surface area contributed by atoms with E-state index in [1.54, 1.807) is 13.0 Å². The van der Waals surface area contributed by atoms with Gasteiger partial charge in [0.05, 0.1) is 5.69 Å². The first-order valence-corrected chi connectivity index (χ1v) is 4.70. The van der Waals surface area contributed by atoms with Gasteiger partial charge in [-0.1, -0.05) is 0 Å². The Hall–Kier alpha value is -2.17. The number of hydrogen-bond donors (Lipinski definition) is 1. The van der Waals surface area contributed by atoms with Crippen molar-refractivity contribution in [2.45, 2.75) is 6.92 Å². The van der Waals surface area contributed by atoms with E-state index in [1.807, 2.05) is 0 Å². The Balaban J connectivity index is 2.39. The molecule has 2 N–H and O–H groups in total. The predicted octanol–water partition coefficient (Wildman–Crippen LogP) is 1.60. The molecule has 0 fully saturated rings. The van der Waals surface area contributed by atoms with Crippen LogP contribution in [0.15, 0.2) is 30.3 Å². The van der Waals surface area contributed by atoms with Gasteiger partial charge >= 0.3 is 0 Å². The molecule has 4 nitrogen and oxygen atoms in total. The lowest BCUT2D eigenvalue weighted by Crippen LogP contribution is -2.16. The van der Waals surface area contributed by atoms with Crippen LogP contribution < -0.4 is 5.73 Å². The Morgan fingerprint density at radius 2 is 2.00 bits per heavy atom. The third-order valence-electron chi connectivity index (χ3n) is 2.14. The number of carbonyl (C=O) groups is 1. The van der Waals surface area contributed by atoms with Gasteiger partial charge in [-0.25, -0.2) is 4.39 Å². The van der Waals surface area contributed by atoms with E-state index in [4.69, 9.17) is 5.73 Å². The monoisotopic (exact) mass is 219 g/mol. The van der Waals surface area contributed by atoms with Crippen molar-refractivity contribution < 1.29 is 9.18 Å². The first kappa shape index (κ1) is 10.4. The van der Waals surface area contributed by atoms with Crippen LogP contribution in [0.1, 0.15) is 16.1 Å². The molecule has 2 aromatic rings. The Morgan fingerprint density at radius 3 is 2.50 bits per heavy atom. The molecular formula is C11H10FN3O. The molecule has 1 aromatic carbocycles. The van der Waals surface area contributed by atoms with Gasteiger partial charge in [0.15, 0.2) is 0 Å². The largest absolute Gasteiger partial charge is 0.383 e. The number of rotatable bonds is 1. The van der Waals surface area contributed by atoms with Crippen molar-refractivity contribution in [3.8, 4) is 0 Å². The molecule has 0 aliphatic rings. The van der Waals surface area contributed by atoms with E-state index < -0.39 is 0 Å². The number of nitrogens with zero attached hydrogens (tertiary/aromatic N) is 2. The van der Waals surface area contributed by atoms with Gasteiger partial charge < -0.3 is 5.73 Å². The fraction of sp³-hybridized carbons (Fsp3) is 0.0909. The summed E-state index contributed by atoms with van der Waals surface area (Å²) >= 11 is 0. The zero-order chi connectivity index (χ0) is 11.7. The second kappa shape index (κ2) is 3.77. The second-order valence-corrected chi connectivity index (χ2v) is 3.43. The average Bonchev–Trinajstić information content (AvgIpc) is 2.58. The van der Waals surface area contributed by atoms with Crippen LogP contribution in [0.4, 0.5) is 10.2 Å². The smallest absolute Gasteiger partial charge is 0.280 e. The van der Waals surface area contributed by atoms with Crippen molar-refractivity contribution >= 4 is 11.7 Å². The van der Waals surface area contributed by atoms with E-state index in [1.165, 1.54) is 24.3 Å². The highest BCUT2D eigenvalue weighted by Gasteiger charge is 2.12.